The Hall–Kier alpha value is -3.82. The first-order chi connectivity index (χ1) is 13.1. The van der Waals surface area contributed by atoms with Gasteiger partial charge in [-0.05, 0) is 41.6 Å². The molecule has 1 aromatic carbocycles. The van der Waals surface area contributed by atoms with Crippen LogP contribution in [-0.2, 0) is 18.4 Å². The molecule has 0 radical (unpaired) electrons. The largest absolute Gasteiger partial charge is 0.455 e. The highest BCUT2D eigenvalue weighted by atomic mass is 16.5. The van der Waals surface area contributed by atoms with Gasteiger partial charge in [-0.1, -0.05) is 6.07 Å². The molecule has 1 amide bonds. The molecule has 0 fully saturated rings. The van der Waals surface area contributed by atoms with Crippen molar-refractivity contribution in [1.29, 1.82) is 0 Å². The fourth-order valence-corrected chi connectivity index (χ4v) is 2.69. The van der Waals surface area contributed by atoms with Crippen molar-refractivity contribution in [3.63, 3.8) is 0 Å². The fraction of sp³-hybridized carbons (Fsp3) is 0.176. The lowest BCUT2D eigenvalue weighted by atomic mass is 10.2. The number of rotatable bonds is 5. The van der Waals surface area contributed by atoms with Crippen LogP contribution in [0.15, 0.2) is 42.7 Å². The number of pyridine rings is 1. The second kappa shape index (κ2) is 6.83. The van der Waals surface area contributed by atoms with E-state index < -0.39 is 0 Å². The molecule has 0 saturated carbocycles. The predicted octanol–water partition coefficient (Wildman–Crippen LogP) is 1.69. The van der Waals surface area contributed by atoms with E-state index in [0.29, 0.717) is 28.5 Å². The van der Waals surface area contributed by atoms with Crippen molar-refractivity contribution in [2.24, 2.45) is 7.05 Å². The summed E-state index contributed by atoms with van der Waals surface area (Å²) >= 11 is 0. The molecule has 10 heteroatoms. The molecule has 136 valence electrons. The highest BCUT2D eigenvalue weighted by Crippen LogP contribution is 2.34. The van der Waals surface area contributed by atoms with Crippen LogP contribution in [0.1, 0.15) is 5.82 Å². The zero-order valence-electron chi connectivity index (χ0n) is 14.7. The van der Waals surface area contributed by atoms with Gasteiger partial charge in [-0.2, -0.15) is 5.10 Å². The number of carbonyl (C=O) groups is 1. The van der Waals surface area contributed by atoms with Crippen molar-refractivity contribution in [1.82, 2.24) is 35.0 Å². The fourth-order valence-electron chi connectivity index (χ4n) is 2.69. The lowest BCUT2D eigenvalue weighted by molar-refractivity contribution is -0.117. The van der Waals surface area contributed by atoms with Gasteiger partial charge in [0.1, 0.15) is 23.9 Å². The second-order valence-electron chi connectivity index (χ2n) is 5.85. The van der Waals surface area contributed by atoms with Gasteiger partial charge in [0.15, 0.2) is 5.82 Å². The minimum atomic E-state index is -0.290. The van der Waals surface area contributed by atoms with Gasteiger partial charge in [0, 0.05) is 13.2 Å². The summed E-state index contributed by atoms with van der Waals surface area (Å²) in [7, 11) is 1.80. The summed E-state index contributed by atoms with van der Waals surface area (Å²) in [6, 6.07) is 9.18. The molecule has 27 heavy (non-hydrogen) atoms. The standard InChI is InChI=1S/C17H16N8O2/c1-11-20-22-23-25(11)10-15(26)19-17-16-13(24(2)21-17)6-3-7-14(16)27-12-5-4-8-18-9-12/h3-9H,10H2,1-2H3,(H,19,21,26). The summed E-state index contributed by atoms with van der Waals surface area (Å²) in [6.45, 7) is 1.71. The number of nitrogens with one attached hydrogen (secondary N) is 1. The maximum Gasteiger partial charge on any atom is 0.247 e. The third kappa shape index (κ3) is 3.32. The lowest BCUT2D eigenvalue weighted by Crippen LogP contribution is -2.21. The summed E-state index contributed by atoms with van der Waals surface area (Å²) in [5.41, 5.74) is 0.824. The Morgan fingerprint density at radius 1 is 1.26 bits per heavy atom. The molecular formula is C17H16N8O2. The van der Waals surface area contributed by atoms with E-state index in [4.69, 9.17) is 4.74 Å². The van der Waals surface area contributed by atoms with Crippen LogP contribution in [0.2, 0.25) is 0 Å². The molecule has 0 unspecified atom stereocenters. The van der Waals surface area contributed by atoms with Gasteiger partial charge < -0.3 is 10.1 Å². The van der Waals surface area contributed by atoms with Gasteiger partial charge in [0.25, 0.3) is 0 Å². The van der Waals surface area contributed by atoms with E-state index in [0.717, 1.165) is 5.52 Å². The minimum Gasteiger partial charge on any atom is -0.455 e. The molecular weight excluding hydrogens is 348 g/mol. The number of tetrazole rings is 1. The van der Waals surface area contributed by atoms with E-state index in [1.54, 1.807) is 43.2 Å². The first kappa shape index (κ1) is 16.6. The number of benzene rings is 1. The van der Waals surface area contributed by atoms with Crippen molar-refractivity contribution in [2.45, 2.75) is 13.5 Å². The molecule has 1 N–H and O–H groups in total. The number of hydrogen-bond donors (Lipinski definition) is 1. The Morgan fingerprint density at radius 3 is 2.89 bits per heavy atom. The summed E-state index contributed by atoms with van der Waals surface area (Å²) < 4.78 is 9.04. The summed E-state index contributed by atoms with van der Waals surface area (Å²) in [5, 5.41) is 19.0. The quantitative estimate of drug-likeness (QED) is 0.573. The van der Waals surface area contributed by atoms with Crippen LogP contribution >= 0.6 is 0 Å². The van der Waals surface area contributed by atoms with Crippen molar-refractivity contribution in [3.05, 3.63) is 48.5 Å². The molecule has 0 spiro atoms. The molecule has 0 aliphatic rings. The zero-order valence-corrected chi connectivity index (χ0v) is 14.7. The monoisotopic (exact) mass is 364 g/mol. The smallest absolute Gasteiger partial charge is 0.247 e. The molecule has 4 rings (SSSR count). The van der Waals surface area contributed by atoms with E-state index >= 15 is 0 Å². The van der Waals surface area contributed by atoms with Crippen LogP contribution < -0.4 is 10.1 Å². The van der Waals surface area contributed by atoms with Crippen molar-refractivity contribution < 1.29 is 9.53 Å². The van der Waals surface area contributed by atoms with Crippen LogP contribution in [0.5, 0.6) is 11.5 Å². The molecule has 3 aromatic heterocycles. The Bertz CT molecular complexity index is 1100. The molecule has 0 saturated heterocycles. The highest BCUT2D eigenvalue weighted by Gasteiger charge is 2.17. The van der Waals surface area contributed by atoms with E-state index in [-0.39, 0.29) is 12.5 Å². The third-order valence-corrected chi connectivity index (χ3v) is 3.96. The Morgan fingerprint density at radius 2 is 2.15 bits per heavy atom. The molecule has 0 aliphatic heterocycles. The number of aromatic nitrogens is 7. The van der Waals surface area contributed by atoms with E-state index in [9.17, 15) is 4.79 Å². The van der Waals surface area contributed by atoms with Crippen LogP contribution in [0.4, 0.5) is 5.82 Å². The van der Waals surface area contributed by atoms with Crippen molar-refractivity contribution in [3.8, 4) is 11.5 Å². The number of hydrogen-bond acceptors (Lipinski definition) is 7. The third-order valence-electron chi connectivity index (χ3n) is 3.96. The number of ether oxygens (including phenoxy) is 1. The molecule has 0 atom stereocenters. The number of amides is 1. The van der Waals surface area contributed by atoms with Gasteiger partial charge >= 0.3 is 0 Å². The number of fused-ring (bicyclic) bond motifs is 1. The average Bonchev–Trinajstić information content (AvgIpc) is 3.20. The van der Waals surface area contributed by atoms with Crippen molar-refractivity contribution in [2.75, 3.05) is 5.32 Å². The van der Waals surface area contributed by atoms with Gasteiger partial charge in [-0.3, -0.25) is 14.5 Å². The average molecular weight is 364 g/mol. The molecule has 10 nitrogen and oxygen atoms in total. The first-order valence-electron chi connectivity index (χ1n) is 8.18. The van der Waals surface area contributed by atoms with E-state index in [2.05, 4.69) is 30.9 Å². The Kier molecular flexibility index (Phi) is 4.21. The van der Waals surface area contributed by atoms with E-state index in [1.165, 1.54) is 4.68 Å². The van der Waals surface area contributed by atoms with Crippen LogP contribution in [0.25, 0.3) is 10.9 Å². The molecule has 3 heterocycles. The number of anilines is 1. The van der Waals surface area contributed by atoms with Gasteiger partial charge in [0.2, 0.25) is 5.91 Å². The Labute approximate surface area is 153 Å². The normalized spacial score (nSPS) is 10.9. The maximum absolute atomic E-state index is 12.4. The zero-order chi connectivity index (χ0) is 18.8. The lowest BCUT2D eigenvalue weighted by Gasteiger charge is -2.08. The maximum atomic E-state index is 12.4. The topological polar surface area (TPSA) is 113 Å². The molecule has 0 aliphatic carbocycles. The van der Waals surface area contributed by atoms with Crippen LogP contribution in [0, 0.1) is 6.92 Å². The molecule has 4 aromatic rings. The second-order valence-corrected chi connectivity index (χ2v) is 5.85. The summed E-state index contributed by atoms with van der Waals surface area (Å²) in [5.74, 6) is 1.83. The summed E-state index contributed by atoms with van der Waals surface area (Å²) in [6.07, 6.45) is 3.29. The summed E-state index contributed by atoms with van der Waals surface area (Å²) in [4.78, 5) is 16.5. The first-order valence-corrected chi connectivity index (χ1v) is 8.18. The Balaban J connectivity index is 1.66. The number of aryl methyl sites for hydroxylation is 2. The number of nitrogens with zero attached hydrogens (tertiary/aromatic N) is 7. The van der Waals surface area contributed by atoms with Crippen molar-refractivity contribution >= 4 is 22.6 Å². The molecule has 0 bridgehead atoms. The van der Waals surface area contributed by atoms with E-state index in [1.807, 2.05) is 18.2 Å². The van der Waals surface area contributed by atoms with Gasteiger partial charge in [0.05, 0.1) is 17.1 Å². The van der Waals surface area contributed by atoms with Gasteiger partial charge in [-0.15, -0.1) is 5.10 Å². The van der Waals surface area contributed by atoms with Gasteiger partial charge in [-0.25, -0.2) is 4.68 Å². The van der Waals surface area contributed by atoms with Crippen LogP contribution in [0.3, 0.4) is 0 Å². The number of carbonyl (C=O) groups excluding carboxylic acids is 1. The SMILES string of the molecule is Cc1nnnn1CC(=O)Nc1nn(C)c2cccc(Oc3cccnc3)c12. The van der Waals surface area contributed by atoms with Crippen LogP contribution in [-0.4, -0.2) is 40.9 Å². The highest BCUT2D eigenvalue weighted by molar-refractivity contribution is 6.02. The minimum absolute atomic E-state index is 0.0114. The predicted molar refractivity (Wildman–Crippen MR) is 96.2 cm³/mol.